The summed E-state index contributed by atoms with van der Waals surface area (Å²) in [6, 6.07) is 4.54. The SMILES string of the molecule is O=C(CC1CC1)c1ccc(Br)c(F)c1. The maximum Gasteiger partial charge on any atom is 0.163 e. The molecule has 1 nitrogen and oxygen atoms in total. The van der Waals surface area contributed by atoms with E-state index in [9.17, 15) is 9.18 Å². The van der Waals surface area contributed by atoms with Crippen LogP contribution in [-0.2, 0) is 0 Å². The maximum atomic E-state index is 13.1. The summed E-state index contributed by atoms with van der Waals surface area (Å²) in [5, 5.41) is 0. The molecule has 0 saturated heterocycles. The third-order valence-electron chi connectivity index (χ3n) is 2.41. The Morgan fingerprint density at radius 1 is 1.50 bits per heavy atom. The van der Waals surface area contributed by atoms with Crippen LogP contribution >= 0.6 is 15.9 Å². The Hall–Kier alpha value is -0.700. The second-order valence-electron chi connectivity index (χ2n) is 3.70. The fourth-order valence-electron chi connectivity index (χ4n) is 1.37. The first-order chi connectivity index (χ1) is 6.66. The molecule has 0 radical (unpaired) electrons. The zero-order valence-electron chi connectivity index (χ0n) is 7.59. The molecule has 1 saturated carbocycles. The maximum absolute atomic E-state index is 13.1. The molecular formula is C11H10BrFO. The number of halogens is 2. The van der Waals surface area contributed by atoms with Crippen LogP contribution in [0.15, 0.2) is 22.7 Å². The lowest BCUT2D eigenvalue weighted by atomic mass is 10.1. The van der Waals surface area contributed by atoms with E-state index in [0.29, 0.717) is 22.4 Å². The first-order valence-corrected chi connectivity index (χ1v) is 5.44. The summed E-state index contributed by atoms with van der Waals surface area (Å²) in [4.78, 5) is 11.6. The quantitative estimate of drug-likeness (QED) is 0.756. The van der Waals surface area contributed by atoms with Crippen molar-refractivity contribution in [1.29, 1.82) is 0 Å². The van der Waals surface area contributed by atoms with Gasteiger partial charge in [0.2, 0.25) is 0 Å². The van der Waals surface area contributed by atoms with Gasteiger partial charge < -0.3 is 0 Å². The van der Waals surface area contributed by atoms with Crippen LogP contribution in [0, 0.1) is 11.7 Å². The molecule has 1 aliphatic carbocycles. The summed E-state index contributed by atoms with van der Waals surface area (Å²) in [6.45, 7) is 0. The highest BCUT2D eigenvalue weighted by Gasteiger charge is 2.25. The zero-order valence-corrected chi connectivity index (χ0v) is 9.18. The summed E-state index contributed by atoms with van der Waals surface area (Å²) in [5.74, 6) is 0.236. The van der Waals surface area contributed by atoms with Crippen LogP contribution in [0.2, 0.25) is 0 Å². The Labute approximate surface area is 90.4 Å². The average molecular weight is 257 g/mol. The van der Waals surface area contributed by atoms with Crippen LogP contribution in [0.25, 0.3) is 0 Å². The van der Waals surface area contributed by atoms with Crippen LogP contribution in [0.3, 0.4) is 0 Å². The summed E-state index contributed by atoms with van der Waals surface area (Å²) in [5.41, 5.74) is 0.484. The van der Waals surface area contributed by atoms with Gasteiger partial charge in [0.15, 0.2) is 5.78 Å². The number of carbonyl (C=O) groups excluding carboxylic acids is 1. The lowest BCUT2D eigenvalue weighted by molar-refractivity contribution is 0.0975. The van der Waals surface area contributed by atoms with Crippen LogP contribution < -0.4 is 0 Å². The molecule has 0 atom stereocenters. The molecule has 0 aromatic heterocycles. The topological polar surface area (TPSA) is 17.1 Å². The van der Waals surface area contributed by atoms with Crippen LogP contribution in [0.1, 0.15) is 29.6 Å². The minimum Gasteiger partial charge on any atom is -0.294 e. The fourth-order valence-corrected chi connectivity index (χ4v) is 1.62. The van der Waals surface area contributed by atoms with E-state index < -0.39 is 0 Å². The molecule has 1 aliphatic rings. The molecule has 1 fully saturated rings. The lowest BCUT2D eigenvalue weighted by Gasteiger charge is -2.00. The molecule has 74 valence electrons. The number of hydrogen-bond donors (Lipinski definition) is 0. The standard InChI is InChI=1S/C11H10BrFO/c12-9-4-3-8(6-10(9)13)11(14)5-7-1-2-7/h3-4,6-7H,1-2,5H2. The largest absolute Gasteiger partial charge is 0.294 e. The third kappa shape index (κ3) is 2.21. The van der Waals surface area contributed by atoms with Gasteiger partial charge in [-0.25, -0.2) is 4.39 Å². The van der Waals surface area contributed by atoms with Gasteiger partial charge in [0.1, 0.15) is 5.82 Å². The number of ketones is 1. The molecule has 1 aromatic rings. The van der Waals surface area contributed by atoms with E-state index in [2.05, 4.69) is 15.9 Å². The van der Waals surface area contributed by atoms with Crippen molar-refractivity contribution in [3.8, 4) is 0 Å². The van der Waals surface area contributed by atoms with E-state index in [1.165, 1.54) is 6.07 Å². The number of rotatable bonds is 3. The van der Waals surface area contributed by atoms with E-state index in [-0.39, 0.29) is 11.6 Å². The van der Waals surface area contributed by atoms with Gasteiger partial charge >= 0.3 is 0 Å². The Kier molecular flexibility index (Phi) is 2.68. The van der Waals surface area contributed by atoms with Crippen LogP contribution in [-0.4, -0.2) is 5.78 Å². The molecule has 0 N–H and O–H groups in total. The molecule has 3 heteroatoms. The number of benzene rings is 1. The van der Waals surface area contributed by atoms with Crippen molar-refractivity contribution in [1.82, 2.24) is 0 Å². The van der Waals surface area contributed by atoms with Crippen molar-refractivity contribution in [3.05, 3.63) is 34.1 Å². The minimum atomic E-state index is -0.369. The van der Waals surface area contributed by atoms with Gasteiger partial charge in [-0.1, -0.05) is 6.07 Å². The van der Waals surface area contributed by atoms with Gasteiger partial charge in [0.05, 0.1) is 4.47 Å². The molecule has 0 unspecified atom stereocenters. The van der Waals surface area contributed by atoms with E-state index in [4.69, 9.17) is 0 Å². The molecule has 1 aromatic carbocycles. The summed E-state index contributed by atoms with van der Waals surface area (Å²) in [7, 11) is 0. The first kappa shape index (κ1) is 9.84. The highest BCUT2D eigenvalue weighted by molar-refractivity contribution is 9.10. The van der Waals surface area contributed by atoms with Gasteiger partial charge in [-0.2, -0.15) is 0 Å². The number of carbonyl (C=O) groups is 1. The molecule has 0 amide bonds. The van der Waals surface area contributed by atoms with Gasteiger partial charge in [-0.15, -0.1) is 0 Å². The van der Waals surface area contributed by atoms with Gasteiger partial charge in [-0.3, -0.25) is 4.79 Å². The Balaban J connectivity index is 2.14. The van der Waals surface area contributed by atoms with Crippen molar-refractivity contribution in [3.63, 3.8) is 0 Å². The highest BCUT2D eigenvalue weighted by Crippen LogP contribution is 2.33. The van der Waals surface area contributed by atoms with E-state index in [1.54, 1.807) is 12.1 Å². The first-order valence-electron chi connectivity index (χ1n) is 4.65. The van der Waals surface area contributed by atoms with E-state index in [0.717, 1.165) is 12.8 Å². The van der Waals surface area contributed by atoms with Gasteiger partial charge in [0, 0.05) is 12.0 Å². The van der Waals surface area contributed by atoms with Crippen molar-refractivity contribution < 1.29 is 9.18 Å². The van der Waals surface area contributed by atoms with Crippen LogP contribution in [0.5, 0.6) is 0 Å². The molecular weight excluding hydrogens is 247 g/mol. The highest BCUT2D eigenvalue weighted by atomic mass is 79.9. The molecule has 0 heterocycles. The van der Waals surface area contributed by atoms with Crippen molar-refractivity contribution in [2.24, 2.45) is 5.92 Å². The second kappa shape index (κ2) is 3.81. The molecule has 14 heavy (non-hydrogen) atoms. The predicted molar refractivity (Wildman–Crippen MR) is 55.8 cm³/mol. The normalized spacial score (nSPS) is 15.6. The smallest absolute Gasteiger partial charge is 0.163 e. The molecule has 0 bridgehead atoms. The molecule has 0 spiro atoms. The fraction of sp³-hybridized carbons (Fsp3) is 0.364. The van der Waals surface area contributed by atoms with E-state index in [1.807, 2.05) is 0 Å². The summed E-state index contributed by atoms with van der Waals surface area (Å²) in [6.07, 6.45) is 2.86. The van der Waals surface area contributed by atoms with Crippen LogP contribution in [0.4, 0.5) is 4.39 Å². The third-order valence-corrected chi connectivity index (χ3v) is 3.06. The number of Topliss-reactive ketones (excluding diaryl/α,β-unsaturated/α-hetero) is 1. The predicted octanol–water partition coefficient (Wildman–Crippen LogP) is 3.57. The van der Waals surface area contributed by atoms with E-state index >= 15 is 0 Å². The van der Waals surface area contributed by atoms with Crippen molar-refractivity contribution in [2.75, 3.05) is 0 Å². The monoisotopic (exact) mass is 256 g/mol. The summed E-state index contributed by atoms with van der Waals surface area (Å²) >= 11 is 3.06. The Bertz CT molecular complexity index is 372. The molecule has 0 aliphatic heterocycles. The molecule has 2 rings (SSSR count). The number of hydrogen-bond acceptors (Lipinski definition) is 1. The average Bonchev–Trinajstić information content (AvgIpc) is 2.93. The minimum absolute atomic E-state index is 0.0545. The van der Waals surface area contributed by atoms with Gasteiger partial charge in [0.25, 0.3) is 0 Å². The lowest BCUT2D eigenvalue weighted by Crippen LogP contribution is -2.00. The van der Waals surface area contributed by atoms with Gasteiger partial charge in [-0.05, 0) is 46.8 Å². The Morgan fingerprint density at radius 3 is 2.79 bits per heavy atom. The Morgan fingerprint density at radius 2 is 2.21 bits per heavy atom. The van der Waals surface area contributed by atoms with Crippen molar-refractivity contribution >= 4 is 21.7 Å². The second-order valence-corrected chi connectivity index (χ2v) is 4.55. The zero-order chi connectivity index (χ0) is 10.1. The van der Waals surface area contributed by atoms with Crippen molar-refractivity contribution in [2.45, 2.75) is 19.3 Å². The summed E-state index contributed by atoms with van der Waals surface area (Å²) < 4.78 is 13.5.